The third kappa shape index (κ3) is 3.57. The normalized spacial score (nSPS) is 10.9. The van der Waals surface area contributed by atoms with Crippen LogP contribution < -0.4 is 9.64 Å². The number of ether oxygens (including phenoxy) is 1. The van der Waals surface area contributed by atoms with E-state index in [0.717, 1.165) is 34.0 Å². The Hall–Kier alpha value is -3.12. The zero-order chi connectivity index (χ0) is 18.8. The number of imidazole rings is 1. The molecule has 3 heterocycles. The summed E-state index contributed by atoms with van der Waals surface area (Å²) in [5.41, 5.74) is 3.76. The van der Waals surface area contributed by atoms with Crippen LogP contribution in [0.5, 0.6) is 5.75 Å². The lowest BCUT2D eigenvalue weighted by Gasteiger charge is -2.24. The maximum Gasteiger partial charge on any atom is 0.177 e. The SMILES string of the molecule is COc1ccc(CN(c2ccc(C)cn2)c2cc(Cl)nn3ccnc23)cc1. The maximum atomic E-state index is 6.26. The minimum Gasteiger partial charge on any atom is -0.497 e. The van der Waals surface area contributed by atoms with E-state index in [-0.39, 0.29) is 0 Å². The molecule has 0 bridgehead atoms. The molecule has 6 nitrogen and oxygen atoms in total. The molecule has 1 aromatic carbocycles. The highest BCUT2D eigenvalue weighted by Crippen LogP contribution is 2.31. The van der Waals surface area contributed by atoms with Crippen LogP contribution in [0.3, 0.4) is 0 Å². The van der Waals surface area contributed by atoms with Crippen LogP contribution >= 0.6 is 11.6 Å². The van der Waals surface area contributed by atoms with Gasteiger partial charge in [-0.05, 0) is 36.2 Å². The van der Waals surface area contributed by atoms with Crippen molar-refractivity contribution in [2.24, 2.45) is 0 Å². The minimum atomic E-state index is 0.391. The van der Waals surface area contributed by atoms with Crippen molar-refractivity contribution >= 4 is 28.8 Å². The van der Waals surface area contributed by atoms with Gasteiger partial charge in [-0.15, -0.1) is 0 Å². The Labute approximate surface area is 162 Å². The molecule has 0 fully saturated rings. The van der Waals surface area contributed by atoms with Crippen LogP contribution in [-0.4, -0.2) is 26.7 Å². The number of aromatic nitrogens is 4. The predicted molar refractivity (Wildman–Crippen MR) is 106 cm³/mol. The van der Waals surface area contributed by atoms with Crippen molar-refractivity contribution in [2.75, 3.05) is 12.0 Å². The fourth-order valence-corrected chi connectivity index (χ4v) is 3.08. The molecule has 0 atom stereocenters. The van der Waals surface area contributed by atoms with E-state index in [9.17, 15) is 0 Å². The van der Waals surface area contributed by atoms with Gasteiger partial charge in [-0.25, -0.2) is 14.5 Å². The van der Waals surface area contributed by atoms with Crippen LogP contribution in [0.25, 0.3) is 5.65 Å². The van der Waals surface area contributed by atoms with Gasteiger partial charge in [0.15, 0.2) is 10.8 Å². The number of fused-ring (bicyclic) bond motifs is 1. The van der Waals surface area contributed by atoms with E-state index < -0.39 is 0 Å². The third-order valence-electron chi connectivity index (χ3n) is 4.27. The first-order chi connectivity index (χ1) is 13.1. The molecule has 4 rings (SSSR count). The number of methoxy groups -OCH3 is 1. The molecule has 136 valence electrons. The second-order valence-corrected chi connectivity index (χ2v) is 6.56. The molecule has 7 heteroatoms. The first-order valence-electron chi connectivity index (χ1n) is 8.47. The lowest BCUT2D eigenvalue weighted by atomic mass is 10.2. The van der Waals surface area contributed by atoms with Crippen LogP contribution in [0.1, 0.15) is 11.1 Å². The average Bonchev–Trinajstić information content (AvgIpc) is 3.15. The van der Waals surface area contributed by atoms with Crippen LogP contribution in [0.2, 0.25) is 5.15 Å². The molecule has 0 aliphatic rings. The van der Waals surface area contributed by atoms with Gasteiger partial charge in [0, 0.05) is 31.2 Å². The van der Waals surface area contributed by atoms with Crippen molar-refractivity contribution in [3.8, 4) is 5.75 Å². The molecule has 0 aliphatic heterocycles. The Morgan fingerprint density at radius 2 is 1.93 bits per heavy atom. The molecule has 0 radical (unpaired) electrons. The van der Waals surface area contributed by atoms with E-state index in [1.54, 1.807) is 24.0 Å². The summed E-state index contributed by atoms with van der Waals surface area (Å²) in [5, 5.41) is 4.66. The number of pyridine rings is 1. The number of rotatable bonds is 5. The van der Waals surface area contributed by atoms with Gasteiger partial charge in [-0.2, -0.15) is 5.10 Å². The minimum absolute atomic E-state index is 0.391. The topological polar surface area (TPSA) is 55.5 Å². The monoisotopic (exact) mass is 379 g/mol. The standard InChI is InChI=1S/C20H18ClN5O/c1-14-3-8-19(23-12-14)25(13-15-4-6-16(27-2)7-5-15)17-11-18(21)24-26-10-9-22-20(17)26/h3-12H,13H2,1-2H3. The number of benzene rings is 1. The van der Waals surface area contributed by atoms with Crippen molar-refractivity contribution in [2.45, 2.75) is 13.5 Å². The number of aryl methyl sites for hydroxylation is 1. The van der Waals surface area contributed by atoms with Gasteiger partial charge in [0.05, 0.1) is 12.8 Å². The zero-order valence-corrected chi connectivity index (χ0v) is 15.8. The highest BCUT2D eigenvalue weighted by atomic mass is 35.5. The van der Waals surface area contributed by atoms with E-state index in [4.69, 9.17) is 16.3 Å². The average molecular weight is 380 g/mol. The maximum absolute atomic E-state index is 6.26. The quantitative estimate of drug-likeness (QED) is 0.513. The van der Waals surface area contributed by atoms with Gasteiger partial charge in [0.25, 0.3) is 0 Å². The van der Waals surface area contributed by atoms with Gasteiger partial charge in [0.2, 0.25) is 0 Å². The van der Waals surface area contributed by atoms with Crippen LogP contribution in [0.4, 0.5) is 11.5 Å². The molecule has 0 unspecified atom stereocenters. The summed E-state index contributed by atoms with van der Waals surface area (Å²) in [7, 11) is 1.66. The second kappa shape index (κ2) is 7.25. The van der Waals surface area contributed by atoms with Crippen molar-refractivity contribution < 1.29 is 4.74 Å². The summed E-state index contributed by atoms with van der Waals surface area (Å²) < 4.78 is 6.93. The summed E-state index contributed by atoms with van der Waals surface area (Å²) in [6.45, 7) is 2.61. The zero-order valence-electron chi connectivity index (χ0n) is 15.0. The van der Waals surface area contributed by atoms with Gasteiger partial charge in [-0.1, -0.05) is 29.8 Å². The molecule has 0 aliphatic carbocycles. The number of nitrogens with zero attached hydrogens (tertiary/aromatic N) is 5. The first kappa shape index (κ1) is 17.3. The Morgan fingerprint density at radius 1 is 1.11 bits per heavy atom. The Kier molecular flexibility index (Phi) is 4.64. The molecular weight excluding hydrogens is 362 g/mol. The largest absolute Gasteiger partial charge is 0.497 e. The lowest BCUT2D eigenvalue weighted by molar-refractivity contribution is 0.414. The smallest absolute Gasteiger partial charge is 0.177 e. The van der Waals surface area contributed by atoms with E-state index in [1.807, 2.05) is 55.6 Å². The van der Waals surface area contributed by atoms with E-state index in [0.29, 0.717) is 11.7 Å². The summed E-state index contributed by atoms with van der Waals surface area (Å²) in [5.74, 6) is 1.63. The van der Waals surface area contributed by atoms with E-state index in [2.05, 4.69) is 20.0 Å². The molecule has 0 saturated carbocycles. The highest BCUT2D eigenvalue weighted by molar-refractivity contribution is 6.29. The van der Waals surface area contributed by atoms with Gasteiger partial charge in [0.1, 0.15) is 11.6 Å². The molecule has 0 spiro atoms. The summed E-state index contributed by atoms with van der Waals surface area (Å²) >= 11 is 6.26. The molecular formula is C20H18ClN5O. The molecule has 0 N–H and O–H groups in total. The van der Waals surface area contributed by atoms with E-state index in [1.165, 1.54) is 0 Å². The summed E-state index contributed by atoms with van der Waals surface area (Å²) in [6.07, 6.45) is 5.33. The third-order valence-corrected chi connectivity index (χ3v) is 4.46. The van der Waals surface area contributed by atoms with Crippen LogP contribution in [0, 0.1) is 6.92 Å². The summed E-state index contributed by atoms with van der Waals surface area (Å²) in [6, 6.07) is 13.8. The van der Waals surface area contributed by atoms with E-state index >= 15 is 0 Å². The van der Waals surface area contributed by atoms with Gasteiger partial charge in [-0.3, -0.25) is 0 Å². The van der Waals surface area contributed by atoms with Crippen molar-refractivity contribution in [3.63, 3.8) is 0 Å². The molecule has 0 saturated heterocycles. The number of halogens is 1. The second-order valence-electron chi connectivity index (χ2n) is 6.18. The first-order valence-corrected chi connectivity index (χ1v) is 8.85. The fourth-order valence-electron chi connectivity index (χ4n) is 2.89. The molecule has 27 heavy (non-hydrogen) atoms. The lowest BCUT2D eigenvalue weighted by Crippen LogP contribution is -2.19. The molecule has 4 aromatic rings. The molecule has 0 amide bonds. The van der Waals surface area contributed by atoms with Crippen molar-refractivity contribution in [1.29, 1.82) is 0 Å². The van der Waals surface area contributed by atoms with Gasteiger partial charge < -0.3 is 9.64 Å². The number of hydrogen-bond acceptors (Lipinski definition) is 5. The Balaban J connectivity index is 1.81. The Bertz CT molecular complexity index is 1060. The summed E-state index contributed by atoms with van der Waals surface area (Å²) in [4.78, 5) is 11.1. The predicted octanol–water partition coefficient (Wildman–Crippen LogP) is 4.43. The fraction of sp³-hybridized carbons (Fsp3) is 0.150. The number of hydrogen-bond donors (Lipinski definition) is 0. The Morgan fingerprint density at radius 3 is 2.63 bits per heavy atom. The number of anilines is 2. The van der Waals surface area contributed by atoms with Crippen LogP contribution in [0.15, 0.2) is 61.1 Å². The van der Waals surface area contributed by atoms with Crippen molar-refractivity contribution in [1.82, 2.24) is 19.6 Å². The molecule has 3 aromatic heterocycles. The van der Waals surface area contributed by atoms with Gasteiger partial charge >= 0.3 is 0 Å². The van der Waals surface area contributed by atoms with Crippen LogP contribution in [-0.2, 0) is 6.54 Å². The van der Waals surface area contributed by atoms with Crippen molar-refractivity contribution in [3.05, 3.63) is 77.3 Å². The highest BCUT2D eigenvalue weighted by Gasteiger charge is 2.17.